The van der Waals surface area contributed by atoms with Gasteiger partial charge in [0.25, 0.3) is 5.56 Å². The van der Waals surface area contributed by atoms with Crippen molar-refractivity contribution in [2.24, 2.45) is 5.73 Å². The van der Waals surface area contributed by atoms with Gasteiger partial charge in [-0.3, -0.25) is 9.89 Å². The van der Waals surface area contributed by atoms with Gasteiger partial charge in [-0.2, -0.15) is 5.10 Å². The van der Waals surface area contributed by atoms with Crippen LogP contribution in [-0.4, -0.2) is 34.5 Å². The number of halogens is 1. The Hall–Kier alpha value is -1.89. The first-order valence-corrected chi connectivity index (χ1v) is 9.34. The second-order valence-corrected chi connectivity index (χ2v) is 7.20. The molecule has 140 valence electrons. The van der Waals surface area contributed by atoms with Gasteiger partial charge in [0.15, 0.2) is 0 Å². The predicted molar refractivity (Wildman–Crippen MR) is 106 cm³/mol. The molecule has 3 rings (SSSR count). The Morgan fingerprint density at radius 2 is 2.19 bits per heavy atom. The molecule has 3 aromatic rings. The highest BCUT2D eigenvalue weighted by molar-refractivity contribution is 6.31. The van der Waals surface area contributed by atoms with Gasteiger partial charge >= 0.3 is 0 Å². The number of unbranched alkanes of at least 4 members (excludes halogenated alkanes) is 1. The molecule has 26 heavy (non-hydrogen) atoms. The molecule has 2 aromatic heterocycles. The SMILES string of the molecule is COCCCCc1[nH]nc2c1c(=O)n(CCC(C)N)c1ccc(Cl)cc21. The first kappa shape index (κ1) is 18.9. The van der Waals surface area contributed by atoms with Crippen molar-refractivity contribution in [3.05, 3.63) is 39.3 Å². The molecule has 0 aliphatic carbocycles. The Balaban J connectivity index is 2.13. The predicted octanol–water partition coefficient (Wildman–Crippen LogP) is 3.24. The summed E-state index contributed by atoms with van der Waals surface area (Å²) in [6.45, 7) is 3.23. The largest absolute Gasteiger partial charge is 0.385 e. The van der Waals surface area contributed by atoms with E-state index in [1.54, 1.807) is 17.7 Å². The maximum Gasteiger partial charge on any atom is 0.262 e. The molecular weight excluding hydrogens is 352 g/mol. The summed E-state index contributed by atoms with van der Waals surface area (Å²) in [5.74, 6) is 0. The number of aromatic nitrogens is 3. The highest BCUT2D eigenvalue weighted by Crippen LogP contribution is 2.26. The number of hydrogen-bond acceptors (Lipinski definition) is 4. The summed E-state index contributed by atoms with van der Waals surface area (Å²) in [4.78, 5) is 13.2. The molecule has 0 saturated heterocycles. The van der Waals surface area contributed by atoms with Crippen molar-refractivity contribution in [2.45, 2.75) is 45.2 Å². The highest BCUT2D eigenvalue weighted by Gasteiger charge is 2.17. The second-order valence-electron chi connectivity index (χ2n) is 6.76. The molecule has 0 fully saturated rings. The van der Waals surface area contributed by atoms with E-state index in [1.165, 1.54) is 0 Å². The lowest BCUT2D eigenvalue weighted by molar-refractivity contribution is 0.193. The molecular formula is C19H25ClN4O2. The fourth-order valence-electron chi connectivity index (χ4n) is 3.26. The van der Waals surface area contributed by atoms with Gasteiger partial charge in [-0.1, -0.05) is 11.6 Å². The zero-order valence-electron chi connectivity index (χ0n) is 15.2. The van der Waals surface area contributed by atoms with E-state index in [2.05, 4.69) is 10.2 Å². The van der Waals surface area contributed by atoms with Crippen LogP contribution < -0.4 is 11.3 Å². The molecule has 2 heterocycles. The Morgan fingerprint density at radius 3 is 2.92 bits per heavy atom. The van der Waals surface area contributed by atoms with Crippen LogP contribution in [-0.2, 0) is 17.7 Å². The average Bonchev–Trinajstić information content (AvgIpc) is 3.03. The Bertz CT molecular complexity index is 961. The van der Waals surface area contributed by atoms with Gasteiger partial charge in [0.2, 0.25) is 0 Å². The number of hydrogen-bond donors (Lipinski definition) is 2. The first-order valence-electron chi connectivity index (χ1n) is 8.96. The lowest BCUT2D eigenvalue weighted by Gasteiger charge is -2.13. The summed E-state index contributed by atoms with van der Waals surface area (Å²) in [6, 6.07) is 5.58. The number of fused-ring (bicyclic) bond motifs is 3. The molecule has 1 atom stereocenters. The van der Waals surface area contributed by atoms with Crippen LogP contribution >= 0.6 is 11.6 Å². The normalized spacial score (nSPS) is 12.9. The van der Waals surface area contributed by atoms with Crippen LogP contribution in [0.5, 0.6) is 0 Å². The lowest BCUT2D eigenvalue weighted by atomic mass is 10.1. The monoisotopic (exact) mass is 376 g/mol. The molecule has 7 heteroatoms. The molecule has 0 radical (unpaired) electrons. The minimum atomic E-state index is -0.0223. The summed E-state index contributed by atoms with van der Waals surface area (Å²) >= 11 is 6.20. The number of ether oxygens (including phenoxy) is 1. The first-order chi connectivity index (χ1) is 12.5. The third kappa shape index (κ3) is 3.77. The Kier molecular flexibility index (Phi) is 5.96. The van der Waals surface area contributed by atoms with Gasteiger partial charge in [-0.05, 0) is 50.8 Å². The quantitative estimate of drug-likeness (QED) is 0.591. The molecule has 0 aliphatic rings. The number of benzene rings is 1. The van der Waals surface area contributed by atoms with Crippen LogP contribution in [0.1, 0.15) is 31.9 Å². The van der Waals surface area contributed by atoms with E-state index in [9.17, 15) is 4.79 Å². The van der Waals surface area contributed by atoms with Gasteiger partial charge in [0.1, 0.15) is 5.52 Å². The van der Waals surface area contributed by atoms with E-state index in [1.807, 2.05) is 19.1 Å². The molecule has 1 aromatic carbocycles. The maximum atomic E-state index is 13.2. The van der Waals surface area contributed by atoms with Gasteiger partial charge in [0.05, 0.1) is 10.9 Å². The van der Waals surface area contributed by atoms with Crippen molar-refractivity contribution >= 4 is 33.4 Å². The van der Waals surface area contributed by atoms with E-state index in [0.717, 1.165) is 42.3 Å². The van der Waals surface area contributed by atoms with Gasteiger partial charge in [-0.15, -0.1) is 0 Å². The molecule has 3 N–H and O–H groups in total. The maximum absolute atomic E-state index is 13.2. The second kappa shape index (κ2) is 8.20. The fraction of sp³-hybridized carbons (Fsp3) is 0.474. The Morgan fingerprint density at radius 1 is 1.38 bits per heavy atom. The minimum Gasteiger partial charge on any atom is -0.385 e. The number of methoxy groups -OCH3 is 1. The molecule has 0 spiro atoms. The Labute approximate surface area is 157 Å². The summed E-state index contributed by atoms with van der Waals surface area (Å²) in [7, 11) is 1.69. The third-order valence-electron chi connectivity index (χ3n) is 4.64. The van der Waals surface area contributed by atoms with E-state index >= 15 is 0 Å². The van der Waals surface area contributed by atoms with E-state index < -0.39 is 0 Å². The molecule has 6 nitrogen and oxygen atoms in total. The standard InChI is InChI=1S/C19H25ClN4O2/c1-12(21)8-9-24-16-7-6-13(20)11-14(16)18-17(19(24)25)15(22-23-18)5-3-4-10-26-2/h6-7,11-12H,3-5,8-10,21H2,1-2H3,(H,22,23). The van der Waals surface area contributed by atoms with Crippen molar-refractivity contribution < 1.29 is 4.74 Å². The lowest BCUT2D eigenvalue weighted by Crippen LogP contribution is -2.25. The van der Waals surface area contributed by atoms with Crippen molar-refractivity contribution in [3.63, 3.8) is 0 Å². The topological polar surface area (TPSA) is 85.9 Å². The van der Waals surface area contributed by atoms with Crippen LogP contribution in [0.4, 0.5) is 0 Å². The van der Waals surface area contributed by atoms with Gasteiger partial charge in [0, 0.05) is 42.4 Å². The van der Waals surface area contributed by atoms with Crippen LogP contribution in [0.25, 0.3) is 21.8 Å². The van der Waals surface area contributed by atoms with Crippen LogP contribution in [0.15, 0.2) is 23.0 Å². The number of nitrogens with zero attached hydrogens (tertiary/aromatic N) is 2. The van der Waals surface area contributed by atoms with Gasteiger partial charge in [-0.25, -0.2) is 0 Å². The molecule has 0 aliphatic heterocycles. The van der Waals surface area contributed by atoms with Crippen molar-refractivity contribution in [3.8, 4) is 0 Å². The number of aryl methyl sites for hydroxylation is 2. The third-order valence-corrected chi connectivity index (χ3v) is 4.87. The summed E-state index contributed by atoms with van der Waals surface area (Å²) in [5.41, 5.74) is 8.28. The molecule has 1 unspecified atom stereocenters. The average molecular weight is 377 g/mol. The zero-order chi connectivity index (χ0) is 18.7. The number of nitrogens with one attached hydrogen (secondary N) is 1. The summed E-state index contributed by atoms with van der Waals surface area (Å²) < 4.78 is 6.90. The molecule has 0 bridgehead atoms. The minimum absolute atomic E-state index is 0.0223. The molecule has 0 saturated carbocycles. The number of pyridine rings is 1. The van der Waals surface area contributed by atoms with Crippen molar-refractivity contribution in [2.75, 3.05) is 13.7 Å². The van der Waals surface area contributed by atoms with Crippen molar-refractivity contribution in [1.29, 1.82) is 0 Å². The number of H-pyrrole nitrogens is 1. The van der Waals surface area contributed by atoms with E-state index in [0.29, 0.717) is 29.1 Å². The van der Waals surface area contributed by atoms with Crippen molar-refractivity contribution in [1.82, 2.24) is 14.8 Å². The summed E-state index contributed by atoms with van der Waals surface area (Å²) in [5, 5.41) is 9.66. The van der Waals surface area contributed by atoms with E-state index in [-0.39, 0.29) is 11.6 Å². The van der Waals surface area contributed by atoms with Gasteiger partial charge < -0.3 is 15.0 Å². The van der Waals surface area contributed by atoms with Crippen LogP contribution in [0.3, 0.4) is 0 Å². The highest BCUT2D eigenvalue weighted by atomic mass is 35.5. The molecule has 0 amide bonds. The smallest absolute Gasteiger partial charge is 0.262 e. The summed E-state index contributed by atoms with van der Waals surface area (Å²) in [6.07, 6.45) is 3.35. The number of aromatic amines is 1. The fourth-order valence-corrected chi connectivity index (χ4v) is 3.44. The zero-order valence-corrected chi connectivity index (χ0v) is 16.0. The van der Waals surface area contributed by atoms with E-state index in [4.69, 9.17) is 22.1 Å². The number of rotatable bonds is 8. The number of nitrogens with two attached hydrogens (primary N) is 1. The van der Waals surface area contributed by atoms with Crippen LogP contribution in [0, 0.1) is 0 Å². The van der Waals surface area contributed by atoms with Crippen LogP contribution in [0.2, 0.25) is 5.02 Å².